The Kier molecular flexibility index (Phi) is 5.91. The molecule has 0 spiro atoms. The molecule has 30 heavy (non-hydrogen) atoms. The second-order valence-electron chi connectivity index (χ2n) is 6.84. The third kappa shape index (κ3) is 4.68. The molecular weight excluding hydrogens is 397 g/mol. The summed E-state index contributed by atoms with van der Waals surface area (Å²) < 4.78 is 38.7. The van der Waals surface area contributed by atoms with E-state index in [-0.39, 0.29) is 39.3 Å². The highest BCUT2D eigenvalue weighted by molar-refractivity contribution is 5.77. The van der Waals surface area contributed by atoms with Gasteiger partial charge in [0, 0.05) is 28.2 Å². The largest absolute Gasteiger partial charge is 0.508 e. The first-order chi connectivity index (χ1) is 14.2. The van der Waals surface area contributed by atoms with Crippen LogP contribution in [-0.2, 0) is 6.42 Å². The van der Waals surface area contributed by atoms with Crippen LogP contribution in [0.1, 0.15) is 48.9 Å². The van der Waals surface area contributed by atoms with E-state index in [1.165, 1.54) is 54.6 Å². The lowest BCUT2D eigenvalue weighted by Crippen LogP contribution is -2.12. The van der Waals surface area contributed by atoms with Gasteiger partial charge in [0.1, 0.15) is 24.1 Å². The van der Waals surface area contributed by atoms with E-state index in [1.54, 1.807) is 6.07 Å². The molecule has 0 aromatic heterocycles. The number of phenols is 2. The van der Waals surface area contributed by atoms with Crippen molar-refractivity contribution in [1.29, 1.82) is 0 Å². The van der Waals surface area contributed by atoms with Gasteiger partial charge in [-0.2, -0.15) is 13.2 Å². The van der Waals surface area contributed by atoms with E-state index in [2.05, 4.69) is 0 Å². The molecule has 0 amide bonds. The van der Waals surface area contributed by atoms with Gasteiger partial charge in [-0.3, -0.25) is 9.59 Å². The number of carbonyl (C=O) groups is 2. The number of aldehydes is 2. The summed E-state index contributed by atoms with van der Waals surface area (Å²) in [6.45, 7) is 0. The Morgan fingerprint density at radius 1 is 0.800 bits per heavy atom. The zero-order valence-electron chi connectivity index (χ0n) is 15.6. The molecule has 3 aromatic carbocycles. The third-order valence-corrected chi connectivity index (χ3v) is 4.69. The fourth-order valence-electron chi connectivity index (χ4n) is 3.40. The van der Waals surface area contributed by atoms with Crippen LogP contribution < -0.4 is 0 Å². The first-order valence-corrected chi connectivity index (χ1v) is 8.93. The molecule has 2 N–H and O–H groups in total. The molecule has 0 heterocycles. The molecule has 0 aliphatic heterocycles. The van der Waals surface area contributed by atoms with Crippen LogP contribution >= 0.6 is 0 Å². The minimum absolute atomic E-state index is 0.00191. The molecular formula is C23H17F3O4. The third-order valence-electron chi connectivity index (χ3n) is 4.69. The van der Waals surface area contributed by atoms with Crippen molar-refractivity contribution in [3.05, 3.63) is 94.0 Å². The highest BCUT2D eigenvalue weighted by atomic mass is 19.4. The summed E-state index contributed by atoms with van der Waals surface area (Å²) >= 11 is 0. The number of halogens is 3. The zero-order valence-corrected chi connectivity index (χ0v) is 15.6. The number of aromatic hydroxyl groups is 2. The topological polar surface area (TPSA) is 74.6 Å². The number of carbonyl (C=O) groups excluding carboxylic acids is 2. The Balaban J connectivity index is 2.25. The van der Waals surface area contributed by atoms with Crippen LogP contribution in [0.15, 0.2) is 60.7 Å². The lowest BCUT2D eigenvalue weighted by molar-refractivity contribution is -0.127. The first kappa shape index (κ1) is 21.1. The van der Waals surface area contributed by atoms with Gasteiger partial charge in [-0.05, 0) is 47.5 Å². The maximum Gasteiger partial charge on any atom is 0.393 e. The second-order valence-corrected chi connectivity index (χ2v) is 6.84. The monoisotopic (exact) mass is 414 g/mol. The molecule has 0 fully saturated rings. The van der Waals surface area contributed by atoms with E-state index in [0.29, 0.717) is 18.1 Å². The van der Waals surface area contributed by atoms with Crippen molar-refractivity contribution in [3.63, 3.8) is 0 Å². The summed E-state index contributed by atoms with van der Waals surface area (Å²) in [5.74, 6) is -1.33. The van der Waals surface area contributed by atoms with Crippen LogP contribution in [-0.4, -0.2) is 29.0 Å². The van der Waals surface area contributed by atoms with Crippen LogP contribution in [0.5, 0.6) is 11.5 Å². The van der Waals surface area contributed by atoms with Crippen molar-refractivity contribution in [3.8, 4) is 11.5 Å². The lowest BCUT2D eigenvalue weighted by Gasteiger charge is -2.22. The fraction of sp³-hybridized carbons (Fsp3) is 0.130. The highest BCUT2D eigenvalue weighted by Gasteiger charge is 2.29. The van der Waals surface area contributed by atoms with Gasteiger partial charge in [-0.15, -0.1) is 0 Å². The lowest BCUT2D eigenvalue weighted by atomic mass is 9.82. The van der Waals surface area contributed by atoms with Crippen LogP contribution in [0.3, 0.4) is 0 Å². The van der Waals surface area contributed by atoms with E-state index in [4.69, 9.17) is 0 Å². The highest BCUT2D eigenvalue weighted by Crippen LogP contribution is 2.41. The van der Waals surface area contributed by atoms with Crippen molar-refractivity contribution >= 4 is 12.6 Å². The maximum absolute atomic E-state index is 12.9. The van der Waals surface area contributed by atoms with Gasteiger partial charge in [-0.25, -0.2) is 0 Å². The summed E-state index contributed by atoms with van der Waals surface area (Å²) in [6.07, 6.45) is -4.41. The number of hydrogen-bond acceptors (Lipinski definition) is 4. The minimum Gasteiger partial charge on any atom is -0.508 e. The predicted octanol–water partition coefficient (Wildman–Crippen LogP) is 5.01. The van der Waals surface area contributed by atoms with Crippen LogP contribution in [0.25, 0.3) is 0 Å². The van der Waals surface area contributed by atoms with Crippen molar-refractivity contribution in [2.45, 2.75) is 18.5 Å². The normalized spacial score (nSPS) is 11.5. The van der Waals surface area contributed by atoms with Crippen molar-refractivity contribution < 1.29 is 33.0 Å². The SMILES string of the molecule is O=Cc1ccc(O)c(C(c2cccc(CC(F)(F)F)c2)c2cc(C=O)ccc2O)c1. The smallest absolute Gasteiger partial charge is 0.393 e. The van der Waals surface area contributed by atoms with Crippen molar-refractivity contribution in [2.24, 2.45) is 0 Å². The molecule has 0 unspecified atom stereocenters. The molecule has 3 rings (SSSR count). The van der Waals surface area contributed by atoms with Crippen LogP contribution in [0, 0.1) is 0 Å². The van der Waals surface area contributed by atoms with Crippen LogP contribution in [0.2, 0.25) is 0 Å². The molecule has 0 aliphatic rings. The van der Waals surface area contributed by atoms with Crippen LogP contribution in [0.4, 0.5) is 13.2 Å². The number of phenolic OH excluding ortho intramolecular Hbond substituents is 2. The Bertz CT molecular complexity index is 1030. The Hall–Kier alpha value is -3.61. The molecule has 0 radical (unpaired) electrons. The Labute approximate surface area is 170 Å². The summed E-state index contributed by atoms with van der Waals surface area (Å²) in [5.41, 5.74) is 1.26. The summed E-state index contributed by atoms with van der Waals surface area (Å²) in [7, 11) is 0. The second kappa shape index (κ2) is 8.41. The minimum atomic E-state index is -4.41. The molecule has 0 aliphatic carbocycles. The van der Waals surface area contributed by atoms with E-state index in [9.17, 15) is 33.0 Å². The fourth-order valence-corrected chi connectivity index (χ4v) is 3.40. The maximum atomic E-state index is 12.9. The average molecular weight is 414 g/mol. The van der Waals surface area contributed by atoms with Gasteiger partial charge < -0.3 is 10.2 Å². The number of alkyl halides is 3. The van der Waals surface area contributed by atoms with Gasteiger partial charge in [0.25, 0.3) is 0 Å². The summed E-state index contributed by atoms with van der Waals surface area (Å²) in [6, 6.07) is 13.9. The van der Waals surface area contributed by atoms with Gasteiger partial charge >= 0.3 is 6.18 Å². The molecule has 0 atom stereocenters. The predicted molar refractivity (Wildman–Crippen MR) is 104 cm³/mol. The molecule has 0 saturated heterocycles. The standard InChI is InChI=1S/C23H17F3O4/c24-23(25,26)11-14-2-1-3-17(8-14)22(18-9-15(12-27)4-6-20(18)29)19-10-16(13-28)5-7-21(19)30/h1-10,12-13,22,29-30H,11H2. The molecule has 0 saturated carbocycles. The van der Waals surface area contributed by atoms with E-state index < -0.39 is 18.5 Å². The molecule has 7 heteroatoms. The molecule has 0 bridgehead atoms. The van der Waals surface area contributed by atoms with Gasteiger partial charge in [0.2, 0.25) is 0 Å². The van der Waals surface area contributed by atoms with Gasteiger partial charge in [0.05, 0.1) is 6.42 Å². The Morgan fingerprint density at radius 2 is 1.33 bits per heavy atom. The molecule has 4 nitrogen and oxygen atoms in total. The Morgan fingerprint density at radius 3 is 1.80 bits per heavy atom. The number of rotatable bonds is 6. The quantitative estimate of drug-likeness (QED) is 0.439. The number of hydrogen-bond donors (Lipinski definition) is 2. The molecule has 154 valence electrons. The zero-order chi connectivity index (χ0) is 21.9. The summed E-state index contributed by atoms with van der Waals surface area (Å²) in [5, 5.41) is 20.9. The number of benzene rings is 3. The van der Waals surface area contributed by atoms with Crippen molar-refractivity contribution in [2.75, 3.05) is 0 Å². The first-order valence-electron chi connectivity index (χ1n) is 8.93. The summed E-state index contributed by atoms with van der Waals surface area (Å²) in [4.78, 5) is 22.5. The van der Waals surface area contributed by atoms with E-state index >= 15 is 0 Å². The van der Waals surface area contributed by atoms with Gasteiger partial charge in [-0.1, -0.05) is 24.3 Å². The van der Waals surface area contributed by atoms with E-state index in [0.717, 1.165) is 0 Å². The van der Waals surface area contributed by atoms with Gasteiger partial charge in [0.15, 0.2) is 0 Å². The van der Waals surface area contributed by atoms with E-state index in [1.807, 2.05) is 0 Å². The average Bonchev–Trinajstić information content (AvgIpc) is 2.70. The van der Waals surface area contributed by atoms with Crippen molar-refractivity contribution in [1.82, 2.24) is 0 Å². The molecule has 3 aromatic rings.